The summed E-state index contributed by atoms with van der Waals surface area (Å²) in [5, 5.41) is 13.6. The molecule has 0 saturated heterocycles. The minimum atomic E-state index is -0.430. The molecule has 2 atom stereocenters. The van der Waals surface area contributed by atoms with E-state index in [2.05, 4.69) is 10.1 Å². The SMILES string of the molecule is CCC(O)Cc1nc(C2COc3ccccc32)no1. The second-order valence-electron chi connectivity index (χ2n) is 4.71. The summed E-state index contributed by atoms with van der Waals surface area (Å²) >= 11 is 0. The molecule has 0 bridgehead atoms. The van der Waals surface area contributed by atoms with Crippen molar-refractivity contribution in [2.45, 2.75) is 31.8 Å². The molecule has 1 aromatic carbocycles. The van der Waals surface area contributed by atoms with Crippen molar-refractivity contribution in [3.63, 3.8) is 0 Å². The Labute approximate surface area is 111 Å². The zero-order chi connectivity index (χ0) is 13.2. The quantitative estimate of drug-likeness (QED) is 0.909. The van der Waals surface area contributed by atoms with E-state index in [4.69, 9.17) is 9.26 Å². The lowest BCUT2D eigenvalue weighted by Crippen LogP contribution is -2.09. The molecule has 5 heteroatoms. The van der Waals surface area contributed by atoms with Crippen LogP contribution in [0.5, 0.6) is 5.75 Å². The van der Waals surface area contributed by atoms with Crippen molar-refractivity contribution in [1.29, 1.82) is 0 Å². The third kappa shape index (κ3) is 2.33. The summed E-state index contributed by atoms with van der Waals surface area (Å²) in [6.07, 6.45) is 0.645. The van der Waals surface area contributed by atoms with Crippen LogP contribution in [0.1, 0.15) is 36.5 Å². The minimum Gasteiger partial charge on any atom is -0.492 e. The lowest BCUT2D eigenvalue weighted by Gasteiger charge is -2.02. The van der Waals surface area contributed by atoms with Crippen LogP contribution in [0.3, 0.4) is 0 Å². The highest BCUT2D eigenvalue weighted by Gasteiger charge is 2.29. The highest BCUT2D eigenvalue weighted by atomic mass is 16.5. The first-order valence-corrected chi connectivity index (χ1v) is 6.50. The van der Waals surface area contributed by atoms with E-state index in [0.29, 0.717) is 31.2 Å². The molecule has 0 spiro atoms. The van der Waals surface area contributed by atoms with Crippen LogP contribution in [-0.4, -0.2) is 28.0 Å². The maximum atomic E-state index is 9.59. The predicted octanol–water partition coefficient (Wildman–Crippen LogP) is 1.91. The largest absolute Gasteiger partial charge is 0.492 e. The number of hydrogen-bond donors (Lipinski definition) is 1. The van der Waals surface area contributed by atoms with Gasteiger partial charge in [-0.2, -0.15) is 4.98 Å². The summed E-state index contributed by atoms with van der Waals surface area (Å²) in [5.41, 5.74) is 1.09. The first kappa shape index (κ1) is 12.2. The van der Waals surface area contributed by atoms with Gasteiger partial charge in [0.15, 0.2) is 5.82 Å². The molecule has 0 aliphatic carbocycles. The second-order valence-corrected chi connectivity index (χ2v) is 4.71. The molecule has 100 valence electrons. The number of rotatable bonds is 4. The predicted molar refractivity (Wildman–Crippen MR) is 68.1 cm³/mol. The van der Waals surface area contributed by atoms with E-state index in [0.717, 1.165) is 11.3 Å². The molecule has 19 heavy (non-hydrogen) atoms. The fourth-order valence-electron chi connectivity index (χ4n) is 2.21. The number of benzene rings is 1. The molecule has 5 nitrogen and oxygen atoms in total. The van der Waals surface area contributed by atoms with Gasteiger partial charge in [-0.1, -0.05) is 30.3 Å². The van der Waals surface area contributed by atoms with Crippen LogP contribution in [0.25, 0.3) is 0 Å². The summed E-state index contributed by atoms with van der Waals surface area (Å²) in [6.45, 7) is 2.46. The van der Waals surface area contributed by atoms with Crippen molar-refractivity contribution >= 4 is 0 Å². The van der Waals surface area contributed by atoms with Gasteiger partial charge < -0.3 is 14.4 Å². The van der Waals surface area contributed by atoms with Crippen LogP contribution < -0.4 is 4.74 Å². The zero-order valence-corrected chi connectivity index (χ0v) is 10.7. The Morgan fingerprint density at radius 1 is 1.42 bits per heavy atom. The third-order valence-electron chi connectivity index (χ3n) is 3.38. The minimum absolute atomic E-state index is 0.0208. The molecule has 1 aliphatic rings. The molecule has 0 saturated carbocycles. The number of aliphatic hydroxyl groups is 1. The summed E-state index contributed by atoms with van der Waals surface area (Å²) in [7, 11) is 0. The smallest absolute Gasteiger partial charge is 0.229 e. The fraction of sp³-hybridized carbons (Fsp3) is 0.429. The second kappa shape index (κ2) is 5.01. The maximum absolute atomic E-state index is 9.59. The van der Waals surface area contributed by atoms with Gasteiger partial charge in [0.1, 0.15) is 12.4 Å². The van der Waals surface area contributed by atoms with Gasteiger partial charge in [0.25, 0.3) is 0 Å². The first-order valence-electron chi connectivity index (χ1n) is 6.50. The van der Waals surface area contributed by atoms with Crippen molar-refractivity contribution in [2.24, 2.45) is 0 Å². The average Bonchev–Trinajstić information content (AvgIpc) is 3.04. The van der Waals surface area contributed by atoms with Gasteiger partial charge in [-0.3, -0.25) is 0 Å². The van der Waals surface area contributed by atoms with E-state index in [-0.39, 0.29) is 5.92 Å². The van der Waals surface area contributed by atoms with Gasteiger partial charge in [-0.15, -0.1) is 0 Å². The van der Waals surface area contributed by atoms with Crippen molar-refractivity contribution in [3.05, 3.63) is 41.5 Å². The van der Waals surface area contributed by atoms with Gasteiger partial charge in [-0.25, -0.2) is 0 Å². The Morgan fingerprint density at radius 2 is 2.26 bits per heavy atom. The average molecular weight is 260 g/mol. The third-order valence-corrected chi connectivity index (χ3v) is 3.38. The number of para-hydroxylation sites is 1. The Hall–Kier alpha value is -1.88. The van der Waals surface area contributed by atoms with Crippen molar-refractivity contribution in [1.82, 2.24) is 10.1 Å². The summed E-state index contributed by atoms with van der Waals surface area (Å²) < 4.78 is 10.8. The van der Waals surface area contributed by atoms with Gasteiger partial charge >= 0.3 is 0 Å². The van der Waals surface area contributed by atoms with Crippen LogP contribution >= 0.6 is 0 Å². The summed E-state index contributed by atoms with van der Waals surface area (Å²) in [5.74, 6) is 2.01. The Bertz CT molecular complexity index is 567. The van der Waals surface area contributed by atoms with Crippen LogP contribution in [-0.2, 0) is 6.42 Å². The molecule has 2 unspecified atom stereocenters. The summed E-state index contributed by atoms with van der Waals surface area (Å²) in [6, 6.07) is 7.88. The van der Waals surface area contributed by atoms with E-state index in [1.54, 1.807) is 0 Å². The number of aromatic nitrogens is 2. The number of aliphatic hydroxyl groups excluding tert-OH is 1. The van der Waals surface area contributed by atoms with Crippen molar-refractivity contribution in [2.75, 3.05) is 6.61 Å². The molecular formula is C14H16N2O3. The number of hydrogen-bond acceptors (Lipinski definition) is 5. The van der Waals surface area contributed by atoms with E-state index in [1.165, 1.54) is 0 Å². The number of nitrogens with zero attached hydrogens (tertiary/aromatic N) is 2. The number of fused-ring (bicyclic) bond motifs is 1. The van der Waals surface area contributed by atoms with Gasteiger partial charge in [0.05, 0.1) is 18.4 Å². The number of ether oxygens (including phenoxy) is 1. The molecule has 2 heterocycles. The monoisotopic (exact) mass is 260 g/mol. The summed E-state index contributed by atoms with van der Waals surface area (Å²) in [4.78, 5) is 4.36. The van der Waals surface area contributed by atoms with Crippen LogP contribution in [0.4, 0.5) is 0 Å². The van der Waals surface area contributed by atoms with Gasteiger partial charge in [-0.05, 0) is 12.5 Å². The Balaban J connectivity index is 1.81. The highest BCUT2D eigenvalue weighted by molar-refractivity contribution is 5.42. The molecule has 1 aliphatic heterocycles. The van der Waals surface area contributed by atoms with E-state index in [9.17, 15) is 5.11 Å². The normalized spacial score (nSPS) is 18.9. The zero-order valence-electron chi connectivity index (χ0n) is 10.7. The van der Waals surface area contributed by atoms with Crippen molar-refractivity contribution < 1.29 is 14.4 Å². The Kier molecular flexibility index (Phi) is 3.21. The van der Waals surface area contributed by atoms with E-state index < -0.39 is 6.10 Å². The molecule has 0 fully saturated rings. The van der Waals surface area contributed by atoms with E-state index >= 15 is 0 Å². The lowest BCUT2D eigenvalue weighted by molar-refractivity contribution is 0.158. The molecule has 1 N–H and O–H groups in total. The molecule has 1 aromatic heterocycles. The lowest BCUT2D eigenvalue weighted by atomic mass is 10.0. The van der Waals surface area contributed by atoms with Gasteiger partial charge in [0, 0.05) is 5.56 Å². The van der Waals surface area contributed by atoms with Crippen LogP contribution in [0.2, 0.25) is 0 Å². The van der Waals surface area contributed by atoms with Gasteiger partial charge in [0.2, 0.25) is 5.89 Å². The molecule has 3 rings (SSSR count). The molecule has 0 radical (unpaired) electrons. The standard InChI is InChI=1S/C14H16N2O3/c1-2-9(17)7-13-15-14(16-19-13)11-8-18-12-6-4-3-5-10(11)12/h3-6,9,11,17H,2,7-8H2,1H3. The van der Waals surface area contributed by atoms with E-state index in [1.807, 2.05) is 31.2 Å². The van der Waals surface area contributed by atoms with Crippen LogP contribution in [0, 0.1) is 0 Å². The molecule has 0 amide bonds. The Morgan fingerprint density at radius 3 is 3.11 bits per heavy atom. The maximum Gasteiger partial charge on any atom is 0.229 e. The topological polar surface area (TPSA) is 68.4 Å². The van der Waals surface area contributed by atoms with Crippen molar-refractivity contribution in [3.8, 4) is 5.75 Å². The first-order chi connectivity index (χ1) is 9.28. The molecule has 2 aromatic rings. The highest BCUT2D eigenvalue weighted by Crippen LogP contribution is 2.36. The van der Waals surface area contributed by atoms with Crippen LogP contribution in [0.15, 0.2) is 28.8 Å². The molecular weight excluding hydrogens is 244 g/mol. The fourth-order valence-corrected chi connectivity index (χ4v) is 2.21.